The number of alkyl halides is 1. The molecule has 0 atom stereocenters. The van der Waals surface area contributed by atoms with Gasteiger partial charge in [0.05, 0.1) is 0 Å². The molecule has 0 radical (unpaired) electrons. The van der Waals surface area contributed by atoms with Crippen molar-refractivity contribution in [3.05, 3.63) is 0 Å². The van der Waals surface area contributed by atoms with Crippen LogP contribution in [0.25, 0.3) is 0 Å². The summed E-state index contributed by atoms with van der Waals surface area (Å²) in [6.45, 7) is -3.40. The molecular weight excluding hydrogens is 238 g/mol. The summed E-state index contributed by atoms with van der Waals surface area (Å²) in [5, 5.41) is 0. The number of nitrogens with zero attached hydrogens (tertiary/aromatic N) is 1. The minimum absolute atomic E-state index is 0.106. The van der Waals surface area contributed by atoms with Gasteiger partial charge in [-0.3, -0.25) is 14.5 Å². The molecule has 0 bridgehead atoms. The lowest BCUT2D eigenvalue weighted by Crippen LogP contribution is -2.47. The maximum absolute atomic E-state index is 12.5. The molecule has 1 saturated heterocycles. The first-order chi connectivity index (χ1) is 11.1. The first kappa shape index (κ1) is 6.05. The van der Waals surface area contributed by atoms with Gasteiger partial charge in [-0.15, -0.1) is 11.6 Å². The van der Waals surface area contributed by atoms with Gasteiger partial charge in [-0.1, -0.05) is 12.8 Å². The highest BCUT2D eigenvalue weighted by Gasteiger charge is 2.44. The molecule has 17 heavy (non-hydrogen) atoms. The second-order valence-electron chi connectivity index (χ2n) is 4.64. The van der Waals surface area contributed by atoms with Crippen LogP contribution in [0.5, 0.6) is 0 Å². The molecule has 1 spiro atoms. The standard InChI is InChI=1S/C13H20ClNO2/c14-7-3-4-8-15-11(16)9-13(10-12(15)17)5-1-2-6-13/h1-10H2/i3D2,4D2,7D2,8D2. The van der Waals surface area contributed by atoms with E-state index in [4.69, 9.17) is 22.6 Å². The van der Waals surface area contributed by atoms with Crippen molar-refractivity contribution < 1.29 is 20.6 Å². The number of carbonyl (C=O) groups excluding carboxylic acids is 2. The molecule has 2 amide bonds. The third-order valence-corrected chi connectivity index (χ3v) is 3.59. The Bertz CT molecular complexity index is 563. The number of imide groups is 1. The van der Waals surface area contributed by atoms with Crippen LogP contribution in [-0.4, -0.2) is 29.0 Å². The van der Waals surface area contributed by atoms with Crippen molar-refractivity contribution >= 4 is 23.4 Å². The molecule has 2 fully saturated rings. The molecule has 0 unspecified atom stereocenters. The summed E-state index contributed by atoms with van der Waals surface area (Å²) >= 11 is 5.29. The summed E-state index contributed by atoms with van der Waals surface area (Å²) in [4.78, 5) is 25.1. The lowest BCUT2D eigenvalue weighted by atomic mass is 9.76. The van der Waals surface area contributed by atoms with E-state index < -0.39 is 42.3 Å². The van der Waals surface area contributed by atoms with E-state index in [9.17, 15) is 9.59 Å². The molecule has 1 aliphatic carbocycles. The van der Waals surface area contributed by atoms with Crippen LogP contribution in [0.15, 0.2) is 0 Å². The van der Waals surface area contributed by atoms with Gasteiger partial charge < -0.3 is 0 Å². The van der Waals surface area contributed by atoms with Crippen molar-refractivity contribution in [3.8, 4) is 0 Å². The Morgan fingerprint density at radius 2 is 1.76 bits per heavy atom. The van der Waals surface area contributed by atoms with E-state index in [1.165, 1.54) is 0 Å². The molecule has 0 N–H and O–H groups in total. The summed E-state index contributed by atoms with van der Waals surface area (Å²) < 4.78 is 61.5. The Morgan fingerprint density at radius 1 is 1.18 bits per heavy atom. The molecule has 0 aromatic carbocycles. The summed E-state index contributed by atoms with van der Waals surface area (Å²) in [6, 6.07) is 0. The number of likely N-dealkylation sites (tertiary alicyclic amines) is 1. The number of halogens is 1. The van der Waals surface area contributed by atoms with Crippen LogP contribution in [0.2, 0.25) is 0 Å². The maximum Gasteiger partial charge on any atom is 0.229 e. The number of carbonyl (C=O) groups is 2. The Labute approximate surface area is 119 Å². The van der Waals surface area contributed by atoms with Gasteiger partial charge in [0, 0.05) is 36.1 Å². The van der Waals surface area contributed by atoms with Crippen LogP contribution >= 0.6 is 11.6 Å². The van der Waals surface area contributed by atoms with Crippen molar-refractivity contribution in [2.45, 2.75) is 51.3 Å². The van der Waals surface area contributed by atoms with Crippen LogP contribution in [0.3, 0.4) is 0 Å². The van der Waals surface area contributed by atoms with Crippen LogP contribution in [0.4, 0.5) is 0 Å². The minimum atomic E-state index is -3.57. The molecule has 2 rings (SSSR count). The highest BCUT2D eigenvalue weighted by molar-refractivity contribution is 6.17. The Hall–Kier alpha value is -0.570. The molecule has 3 nitrogen and oxygen atoms in total. The molecule has 0 aromatic rings. The predicted octanol–water partition coefficient (Wildman–Crippen LogP) is 2.71. The second-order valence-corrected chi connectivity index (χ2v) is 4.83. The second kappa shape index (κ2) is 5.38. The minimum Gasteiger partial charge on any atom is -0.283 e. The Balaban J connectivity index is 2.38. The summed E-state index contributed by atoms with van der Waals surface area (Å²) in [5.74, 6) is -5.06. The molecule has 2 aliphatic rings. The van der Waals surface area contributed by atoms with Crippen molar-refractivity contribution in [1.82, 2.24) is 4.90 Å². The van der Waals surface area contributed by atoms with Gasteiger partial charge in [-0.2, -0.15) is 0 Å². The molecule has 96 valence electrons. The van der Waals surface area contributed by atoms with Gasteiger partial charge in [0.1, 0.15) is 0 Å². The highest BCUT2D eigenvalue weighted by atomic mass is 35.5. The quantitative estimate of drug-likeness (QED) is 0.579. The number of hydrogen-bond donors (Lipinski definition) is 0. The van der Waals surface area contributed by atoms with E-state index in [2.05, 4.69) is 0 Å². The van der Waals surface area contributed by atoms with Crippen LogP contribution < -0.4 is 0 Å². The number of amides is 2. The monoisotopic (exact) mass is 265 g/mol. The number of piperidine rings is 1. The fourth-order valence-corrected chi connectivity index (χ4v) is 2.76. The fraction of sp³-hybridized carbons (Fsp3) is 0.846. The Kier molecular flexibility index (Phi) is 1.92. The van der Waals surface area contributed by atoms with Gasteiger partial charge in [0.25, 0.3) is 0 Å². The zero-order chi connectivity index (χ0) is 19.5. The summed E-state index contributed by atoms with van der Waals surface area (Å²) in [5.41, 5.74) is -0.520. The third kappa shape index (κ3) is 2.82. The van der Waals surface area contributed by atoms with E-state index in [-0.39, 0.29) is 17.7 Å². The van der Waals surface area contributed by atoms with Gasteiger partial charge in [0.15, 0.2) is 0 Å². The smallest absolute Gasteiger partial charge is 0.229 e. The molecule has 0 aromatic heterocycles. The fourth-order valence-electron chi connectivity index (χ4n) is 2.71. The third-order valence-electron chi connectivity index (χ3n) is 3.49. The van der Waals surface area contributed by atoms with Crippen LogP contribution in [0, 0.1) is 5.41 Å². The zero-order valence-electron chi connectivity index (χ0n) is 17.4. The molecular formula is C13H20ClNO2. The van der Waals surface area contributed by atoms with Crippen molar-refractivity contribution in [1.29, 1.82) is 0 Å². The molecule has 1 heterocycles. The van der Waals surface area contributed by atoms with E-state index in [0.717, 1.165) is 12.8 Å². The summed E-state index contributed by atoms with van der Waals surface area (Å²) in [7, 11) is 0. The van der Waals surface area contributed by atoms with E-state index in [1.54, 1.807) is 0 Å². The zero-order valence-corrected chi connectivity index (χ0v) is 10.1. The van der Waals surface area contributed by atoms with Gasteiger partial charge in [-0.05, 0) is 31.0 Å². The van der Waals surface area contributed by atoms with Gasteiger partial charge in [0.2, 0.25) is 11.8 Å². The first-order valence-corrected chi connectivity index (χ1v) is 6.02. The lowest BCUT2D eigenvalue weighted by molar-refractivity contribution is -0.153. The average molecular weight is 266 g/mol. The number of hydrogen-bond acceptors (Lipinski definition) is 2. The molecule has 4 heteroatoms. The topological polar surface area (TPSA) is 37.4 Å². The highest BCUT2D eigenvalue weighted by Crippen LogP contribution is 2.46. The van der Waals surface area contributed by atoms with Crippen molar-refractivity contribution in [2.24, 2.45) is 5.41 Å². The van der Waals surface area contributed by atoms with E-state index in [0.29, 0.717) is 12.8 Å². The normalized spacial score (nSPS) is 34.1. The largest absolute Gasteiger partial charge is 0.283 e. The Morgan fingerprint density at radius 3 is 2.29 bits per heavy atom. The van der Waals surface area contributed by atoms with E-state index >= 15 is 0 Å². The lowest BCUT2D eigenvalue weighted by Gasteiger charge is -2.37. The average Bonchev–Trinajstić information content (AvgIpc) is 2.83. The van der Waals surface area contributed by atoms with Crippen molar-refractivity contribution in [3.63, 3.8) is 0 Å². The number of rotatable bonds is 4. The predicted molar refractivity (Wildman–Crippen MR) is 66.8 cm³/mol. The maximum atomic E-state index is 12.5. The van der Waals surface area contributed by atoms with Crippen molar-refractivity contribution in [2.75, 3.05) is 12.3 Å². The first-order valence-electron chi connectivity index (χ1n) is 9.64. The summed E-state index contributed by atoms with van der Waals surface area (Å²) in [6.07, 6.45) is -4.23. The van der Waals surface area contributed by atoms with Crippen LogP contribution in [-0.2, 0) is 9.59 Å². The SMILES string of the molecule is [2H]C([2H])(Cl)C([2H])([2H])C([2H])([2H])C([2H])([2H])N1C(=O)CC2(CCCC2)CC1=O. The van der Waals surface area contributed by atoms with Gasteiger partial charge in [-0.25, -0.2) is 0 Å². The molecule has 1 saturated carbocycles. The van der Waals surface area contributed by atoms with Crippen LogP contribution in [0.1, 0.15) is 62.2 Å². The van der Waals surface area contributed by atoms with Gasteiger partial charge >= 0.3 is 0 Å². The van der Waals surface area contributed by atoms with E-state index in [1.807, 2.05) is 0 Å². The molecule has 1 aliphatic heterocycles.